The molecule has 1 aromatic carbocycles. The number of hydrogen-bond acceptors (Lipinski definition) is 4. The summed E-state index contributed by atoms with van der Waals surface area (Å²) in [5.74, 6) is -0.496. The van der Waals surface area contributed by atoms with Crippen molar-refractivity contribution in [2.75, 3.05) is 12.9 Å². The minimum absolute atomic E-state index is 0.312. The molecule has 0 aromatic heterocycles. The molecule has 18 heavy (non-hydrogen) atoms. The molecule has 0 aliphatic heterocycles. The Morgan fingerprint density at radius 1 is 1.33 bits per heavy atom. The Labute approximate surface area is 108 Å². The molecule has 1 aromatic rings. The van der Waals surface area contributed by atoms with E-state index in [1.165, 1.54) is 7.11 Å². The molecule has 0 saturated carbocycles. The summed E-state index contributed by atoms with van der Waals surface area (Å²) in [6.45, 7) is 5.01. The second-order valence-electron chi connectivity index (χ2n) is 4.48. The van der Waals surface area contributed by atoms with Gasteiger partial charge in [0.1, 0.15) is 11.5 Å². The van der Waals surface area contributed by atoms with Crippen LogP contribution in [-0.2, 0) is 9.84 Å². The standard InChI is InChI=1S/C13H18O4S/c1-9(2)18(15,16)8-12(14)11-6-5-10(3)7-13(11)17-4/h5-7,9H,8H2,1-4H3. The van der Waals surface area contributed by atoms with Gasteiger partial charge in [0.2, 0.25) is 0 Å². The fourth-order valence-electron chi connectivity index (χ4n) is 1.46. The zero-order valence-electron chi connectivity index (χ0n) is 11.1. The average Bonchev–Trinajstić information content (AvgIpc) is 2.27. The van der Waals surface area contributed by atoms with E-state index in [0.29, 0.717) is 11.3 Å². The molecule has 0 N–H and O–H groups in total. The molecule has 1 rings (SSSR count). The SMILES string of the molecule is COc1cc(C)ccc1C(=O)CS(=O)(=O)C(C)C. The molecule has 0 fully saturated rings. The van der Waals surface area contributed by atoms with Crippen molar-refractivity contribution in [3.05, 3.63) is 29.3 Å². The molecular formula is C13H18O4S. The highest BCUT2D eigenvalue weighted by atomic mass is 32.2. The molecule has 0 spiro atoms. The van der Waals surface area contributed by atoms with E-state index in [9.17, 15) is 13.2 Å². The van der Waals surface area contributed by atoms with E-state index in [-0.39, 0.29) is 0 Å². The van der Waals surface area contributed by atoms with E-state index >= 15 is 0 Å². The lowest BCUT2D eigenvalue weighted by molar-refractivity contribution is 0.101. The summed E-state index contributed by atoms with van der Waals surface area (Å²) in [6, 6.07) is 5.08. The van der Waals surface area contributed by atoms with Crippen LogP contribution in [0.4, 0.5) is 0 Å². The van der Waals surface area contributed by atoms with Crippen LogP contribution in [0.25, 0.3) is 0 Å². The predicted octanol–water partition coefficient (Wildman–Crippen LogP) is 2.01. The monoisotopic (exact) mass is 270 g/mol. The van der Waals surface area contributed by atoms with Gasteiger partial charge in [-0.2, -0.15) is 0 Å². The second kappa shape index (κ2) is 5.52. The number of benzene rings is 1. The highest BCUT2D eigenvalue weighted by molar-refractivity contribution is 7.92. The Bertz CT molecular complexity index is 544. The van der Waals surface area contributed by atoms with Gasteiger partial charge in [-0.3, -0.25) is 4.79 Å². The third-order valence-corrected chi connectivity index (χ3v) is 4.81. The van der Waals surface area contributed by atoms with Gasteiger partial charge in [-0.1, -0.05) is 6.07 Å². The quantitative estimate of drug-likeness (QED) is 0.768. The maximum absolute atomic E-state index is 12.0. The van der Waals surface area contributed by atoms with Crippen molar-refractivity contribution in [3.63, 3.8) is 0 Å². The first-order chi connectivity index (χ1) is 8.27. The molecule has 0 unspecified atom stereocenters. The first-order valence-corrected chi connectivity index (χ1v) is 7.39. The summed E-state index contributed by atoms with van der Waals surface area (Å²) in [6.07, 6.45) is 0. The van der Waals surface area contributed by atoms with E-state index in [1.54, 1.807) is 32.0 Å². The molecule has 0 bridgehead atoms. The molecule has 0 aliphatic rings. The fourth-order valence-corrected chi connectivity index (χ4v) is 2.31. The maximum atomic E-state index is 12.0. The minimum Gasteiger partial charge on any atom is -0.496 e. The highest BCUT2D eigenvalue weighted by Crippen LogP contribution is 2.21. The normalized spacial score (nSPS) is 11.6. The highest BCUT2D eigenvalue weighted by Gasteiger charge is 2.23. The van der Waals surface area contributed by atoms with Crippen LogP contribution in [0, 0.1) is 6.92 Å². The number of carbonyl (C=O) groups excluding carboxylic acids is 1. The number of ether oxygens (including phenoxy) is 1. The molecule has 4 nitrogen and oxygen atoms in total. The van der Waals surface area contributed by atoms with Crippen LogP contribution in [0.3, 0.4) is 0 Å². The zero-order valence-corrected chi connectivity index (χ0v) is 11.9. The van der Waals surface area contributed by atoms with Crippen molar-refractivity contribution in [2.45, 2.75) is 26.0 Å². The van der Waals surface area contributed by atoms with Crippen molar-refractivity contribution in [3.8, 4) is 5.75 Å². The Morgan fingerprint density at radius 2 is 1.94 bits per heavy atom. The maximum Gasteiger partial charge on any atom is 0.181 e. The first kappa shape index (κ1) is 14.7. The van der Waals surface area contributed by atoms with Crippen LogP contribution < -0.4 is 4.74 Å². The number of aryl methyl sites for hydroxylation is 1. The molecule has 0 atom stereocenters. The third kappa shape index (κ3) is 3.32. The second-order valence-corrected chi connectivity index (χ2v) is 7.04. The number of Topliss-reactive ketones (excluding diaryl/α,β-unsaturated/α-hetero) is 1. The van der Waals surface area contributed by atoms with Gasteiger partial charge in [-0.15, -0.1) is 0 Å². The largest absolute Gasteiger partial charge is 0.496 e. The van der Waals surface area contributed by atoms with Crippen LogP contribution >= 0.6 is 0 Å². The van der Waals surface area contributed by atoms with Crippen molar-refractivity contribution in [2.24, 2.45) is 0 Å². The van der Waals surface area contributed by atoms with E-state index in [1.807, 2.05) is 6.92 Å². The van der Waals surface area contributed by atoms with Crippen LogP contribution in [0.2, 0.25) is 0 Å². The van der Waals surface area contributed by atoms with Crippen LogP contribution in [0.5, 0.6) is 5.75 Å². The average molecular weight is 270 g/mol. The number of rotatable bonds is 5. The smallest absolute Gasteiger partial charge is 0.181 e. The lowest BCUT2D eigenvalue weighted by atomic mass is 10.1. The van der Waals surface area contributed by atoms with Crippen molar-refractivity contribution in [1.82, 2.24) is 0 Å². The fraction of sp³-hybridized carbons (Fsp3) is 0.462. The van der Waals surface area contributed by atoms with Crippen molar-refractivity contribution in [1.29, 1.82) is 0 Å². The van der Waals surface area contributed by atoms with Gasteiger partial charge in [0.15, 0.2) is 15.6 Å². The topological polar surface area (TPSA) is 60.4 Å². The predicted molar refractivity (Wildman–Crippen MR) is 71.0 cm³/mol. The van der Waals surface area contributed by atoms with Crippen LogP contribution in [-0.4, -0.2) is 32.3 Å². The molecule has 0 aliphatic carbocycles. The van der Waals surface area contributed by atoms with Gasteiger partial charge < -0.3 is 4.74 Å². The summed E-state index contributed by atoms with van der Waals surface area (Å²) < 4.78 is 28.5. The van der Waals surface area contributed by atoms with Gasteiger partial charge in [0.25, 0.3) is 0 Å². The summed E-state index contributed by atoms with van der Waals surface area (Å²) in [4.78, 5) is 12.0. The van der Waals surface area contributed by atoms with Gasteiger partial charge in [-0.05, 0) is 38.5 Å². The molecule has 100 valence electrons. The van der Waals surface area contributed by atoms with Gasteiger partial charge in [0, 0.05) is 0 Å². The third-order valence-electron chi connectivity index (χ3n) is 2.71. The van der Waals surface area contributed by atoms with Gasteiger partial charge >= 0.3 is 0 Å². The number of sulfone groups is 1. The Kier molecular flexibility index (Phi) is 4.51. The lowest BCUT2D eigenvalue weighted by Crippen LogP contribution is -2.24. The number of ketones is 1. The van der Waals surface area contributed by atoms with E-state index in [2.05, 4.69) is 0 Å². The Morgan fingerprint density at radius 3 is 2.44 bits per heavy atom. The zero-order chi connectivity index (χ0) is 13.9. The Hall–Kier alpha value is -1.36. The summed E-state index contributed by atoms with van der Waals surface area (Å²) in [5, 5.41) is -0.558. The summed E-state index contributed by atoms with van der Waals surface area (Å²) >= 11 is 0. The Balaban J connectivity index is 3.06. The molecule has 5 heteroatoms. The van der Waals surface area contributed by atoms with Crippen molar-refractivity contribution >= 4 is 15.6 Å². The van der Waals surface area contributed by atoms with Gasteiger partial charge in [0.05, 0.1) is 17.9 Å². The van der Waals surface area contributed by atoms with Crippen LogP contribution in [0.1, 0.15) is 29.8 Å². The van der Waals surface area contributed by atoms with Crippen LogP contribution in [0.15, 0.2) is 18.2 Å². The van der Waals surface area contributed by atoms with E-state index < -0.39 is 26.6 Å². The molecule has 0 amide bonds. The van der Waals surface area contributed by atoms with Gasteiger partial charge in [-0.25, -0.2) is 8.42 Å². The summed E-state index contributed by atoms with van der Waals surface area (Å²) in [7, 11) is -1.92. The molecule has 0 saturated heterocycles. The summed E-state index contributed by atoms with van der Waals surface area (Å²) in [5.41, 5.74) is 1.27. The lowest BCUT2D eigenvalue weighted by Gasteiger charge is -2.10. The number of carbonyl (C=O) groups is 1. The molecular weight excluding hydrogens is 252 g/mol. The van der Waals surface area contributed by atoms with E-state index in [4.69, 9.17) is 4.74 Å². The molecule has 0 radical (unpaired) electrons. The van der Waals surface area contributed by atoms with Crippen molar-refractivity contribution < 1.29 is 17.9 Å². The number of hydrogen-bond donors (Lipinski definition) is 0. The minimum atomic E-state index is -3.39. The first-order valence-electron chi connectivity index (χ1n) is 5.67. The number of methoxy groups -OCH3 is 1. The van der Waals surface area contributed by atoms with E-state index in [0.717, 1.165) is 5.56 Å². The molecule has 0 heterocycles.